The summed E-state index contributed by atoms with van der Waals surface area (Å²) in [6, 6.07) is 6.33. The number of anilines is 1. The third kappa shape index (κ3) is 1.68. The summed E-state index contributed by atoms with van der Waals surface area (Å²) in [5, 5.41) is 0. The van der Waals surface area contributed by atoms with Gasteiger partial charge in [0.2, 0.25) is 0 Å². The molecule has 2 aliphatic heterocycles. The Bertz CT molecular complexity index is 525. The van der Waals surface area contributed by atoms with Gasteiger partial charge in [-0.15, -0.1) is 6.58 Å². The van der Waals surface area contributed by atoms with Gasteiger partial charge in [-0.25, -0.2) is 0 Å². The molecule has 3 heteroatoms. The van der Waals surface area contributed by atoms with Crippen molar-refractivity contribution in [3.63, 3.8) is 0 Å². The molecule has 1 aromatic carbocycles. The first-order valence-corrected chi connectivity index (χ1v) is 6.94. The van der Waals surface area contributed by atoms with E-state index in [0.29, 0.717) is 0 Å². The van der Waals surface area contributed by atoms with Gasteiger partial charge in [0.05, 0.1) is 18.7 Å². The molecule has 0 radical (unpaired) electrons. The van der Waals surface area contributed by atoms with Crippen molar-refractivity contribution in [1.29, 1.82) is 0 Å². The molecule has 19 heavy (non-hydrogen) atoms. The highest BCUT2D eigenvalue weighted by atomic mass is 16.5. The number of hydrogen-bond donors (Lipinski definition) is 1. The van der Waals surface area contributed by atoms with Gasteiger partial charge in [-0.1, -0.05) is 5.57 Å². The predicted molar refractivity (Wildman–Crippen MR) is 78.7 cm³/mol. The number of hydrogen-bond acceptors (Lipinski definition) is 3. The van der Waals surface area contributed by atoms with Crippen molar-refractivity contribution in [2.75, 3.05) is 18.6 Å². The fourth-order valence-corrected chi connectivity index (χ4v) is 3.84. The number of methoxy groups -OCH3 is 1. The monoisotopic (exact) mass is 258 g/mol. The van der Waals surface area contributed by atoms with Gasteiger partial charge < -0.3 is 15.4 Å². The van der Waals surface area contributed by atoms with Gasteiger partial charge in [-0.05, 0) is 49.9 Å². The minimum atomic E-state index is 0.0422. The van der Waals surface area contributed by atoms with E-state index in [1.165, 1.54) is 23.2 Å². The summed E-state index contributed by atoms with van der Waals surface area (Å²) < 4.78 is 5.33. The number of benzene rings is 1. The predicted octanol–water partition coefficient (Wildman–Crippen LogP) is 3.01. The zero-order chi connectivity index (χ0) is 13.6. The van der Waals surface area contributed by atoms with Gasteiger partial charge in [0.25, 0.3) is 0 Å². The van der Waals surface area contributed by atoms with E-state index in [9.17, 15) is 0 Å². The van der Waals surface area contributed by atoms with E-state index in [-0.39, 0.29) is 11.6 Å². The minimum absolute atomic E-state index is 0.0422. The van der Waals surface area contributed by atoms with Gasteiger partial charge in [-0.3, -0.25) is 0 Å². The van der Waals surface area contributed by atoms with E-state index in [1.54, 1.807) is 7.11 Å². The highest BCUT2D eigenvalue weighted by Gasteiger charge is 2.52. The van der Waals surface area contributed by atoms with E-state index < -0.39 is 0 Å². The topological polar surface area (TPSA) is 38.5 Å². The molecule has 0 spiro atoms. The van der Waals surface area contributed by atoms with Gasteiger partial charge in [0.15, 0.2) is 0 Å². The summed E-state index contributed by atoms with van der Waals surface area (Å²) in [7, 11) is 1.70. The Morgan fingerprint density at radius 1 is 1.58 bits per heavy atom. The van der Waals surface area contributed by atoms with Crippen LogP contribution in [0.4, 0.5) is 5.69 Å². The fraction of sp³-hybridized carbons (Fsp3) is 0.500. The molecule has 1 fully saturated rings. The maximum absolute atomic E-state index is 6.60. The van der Waals surface area contributed by atoms with Gasteiger partial charge >= 0.3 is 0 Å². The van der Waals surface area contributed by atoms with E-state index in [0.717, 1.165) is 25.1 Å². The van der Waals surface area contributed by atoms with Crippen molar-refractivity contribution in [3.8, 4) is 5.75 Å². The largest absolute Gasteiger partial charge is 0.497 e. The third-order valence-corrected chi connectivity index (χ3v) is 4.58. The number of ether oxygens (including phenoxy) is 1. The zero-order valence-electron chi connectivity index (χ0n) is 11.8. The number of rotatable bonds is 3. The van der Waals surface area contributed by atoms with E-state index >= 15 is 0 Å². The van der Waals surface area contributed by atoms with Gasteiger partial charge in [0, 0.05) is 12.2 Å². The Kier molecular flexibility index (Phi) is 2.82. The van der Waals surface area contributed by atoms with Gasteiger partial charge in [-0.2, -0.15) is 0 Å². The van der Waals surface area contributed by atoms with Gasteiger partial charge in [0.1, 0.15) is 5.75 Å². The maximum Gasteiger partial charge on any atom is 0.119 e. The van der Waals surface area contributed by atoms with Crippen LogP contribution in [-0.4, -0.2) is 19.2 Å². The van der Waals surface area contributed by atoms with Crippen LogP contribution in [0.2, 0.25) is 0 Å². The lowest BCUT2D eigenvalue weighted by atomic mass is 9.82. The zero-order valence-corrected chi connectivity index (χ0v) is 11.8. The molecule has 3 nitrogen and oxygen atoms in total. The lowest BCUT2D eigenvalue weighted by Crippen LogP contribution is -2.47. The molecule has 3 rings (SSSR count). The smallest absolute Gasteiger partial charge is 0.119 e. The second-order valence-corrected chi connectivity index (χ2v) is 5.90. The molecule has 0 saturated carbocycles. The second kappa shape index (κ2) is 4.27. The van der Waals surface area contributed by atoms with E-state index in [4.69, 9.17) is 10.5 Å². The Labute approximate surface area is 115 Å². The molecule has 2 heterocycles. The van der Waals surface area contributed by atoms with E-state index in [2.05, 4.69) is 30.5 Å². The molecule has 0 bridgehead atoms. The summed E-state index contributed by atoms with van der Waals surface area (Å²) in [4.78, 5) is 2.50. The first-order chi connectivity index (χ1) is 9.08. The molecule has 1 saturated heterocycles. The molecule has 0 aliphatic carbocycles. The van der Waals surface area contributed by atoms with Crippen molar-refractivity contribution in [2.45, 2.75) is 37.8 Å². The molecule has 0 unspecified atom stereocenters. The molecule has 102 valence electrons. The number of nitrogens with zero attached hydrogens (tertiary/aromatic N) is 1. The third-order valence-electron chi connectivity index (χ3n) is 4.58. The Morgan fingerprint density at radius 2 is 2.37 bits per heavy atom. The summed E-state index contributed by atoms with van der Waals surface area (Å²) in [5.74, 6) is 0.890. The van der Waals surface area contributed by atoms with Crippen molar-refractivity contribution >= 4 is 5.69 Å². The van der Waals surface area contributed by atoms with Crippen LogP contribution in [0.1, 0.15) is 37.8 Å². The average molecular weight is 258 g/mol. The lowest BCUT2D eigenvalue weighted by Gasteiger charge is -2.37. The van der Waals surface area contributed by atoms with Crippen molar-refractivity contribution in [3.05, 3.63) is 35.9 Å². The van der Waals surface area contributed by atoms with Crippen LogP contribution in [-0.2, 0) is 0 Å². The van der Waals surface area contributed by atoms with Crippen LogP contribution in [0.25, 0.3) is 0 Å². The van der Waals surface area contributed by atoms with E-state index in [1.807, 2.05) is 6.07 Å². The van der Waals surface area contributed by atoms with Crippen molar-refractivity contribution in [1.82, 2.24) is 0 Å². The molecule has 2 atom stereocenters. The molecule has 1 aromatic rings. The summed E-state index contributed by atoms with van der Waals surface area (Å²) >= 11 is 0. The van der Waals surface area contributed by atoms with Crippen LogP contribution < -0.4 is 15.4 Å². The fourth-order valence-electron chi connectivity index (χ4n) is 3.84. The lowest BCUT2D eigenvalue weighted by molar-refractivity contribution is 0.369. The van der Waals surface area contributed by atoms with Crippen molar-refractivity contribution in [2.24, 2.45) is 5.73 Å². The SMILES string of the molecule is C=C(C)C[C@@]12CCCN1c1ccc(OC)cc1[C@H]2N. The highest BCUT2D eigenvalue weighted by molar-refractivity contribution is 5.67. The molecule has 2 aliphatic rings. The van der Waals surface area contributed by atoms with Crippen LogP contribution in [0.5, 0.6) is 5.75 Å². The summed E-state index contributed by atoms with van der Waals surface area (Å²) in [5.41, 5.74) is 10.4. The van der Waals surface area contributed by atoms with Crippen LogP contribution in [0.15, 0.2) is 30.4 Å². The summed E-state index contributed by atoms with van der Waals surface area (Å²) in [6.07, 6.45) is 3.34. The first-order valence-electron chi connectivity index (χ1n) is 6.94. The van der Waals surface area contributed by atoms with Crippen LogP contribution in [0.3, 0.4) is 0 Å². The maximum atomic E-state index is 6.60. The molecule has 0 aromatic heterocycles. The Hall–Kier alpha value is -1.48. The highest BCUT2D eigenvalue weighted by Crippen LogP contribution is 2.53. The van der Waals surface area contributed by atoms with Crippen molar-refractivity contribution < 1.29 is 4.74 Å². The average Bonchev–Trinajstić information content (AvgIpc) is 2.88. The molecular weight excluding hydrogens is 236 g/mol. The number of fused-ring (bicyclic) bond motifs is 3. The van der Waals surface area contributed by atoms with Crippen LogP contribution >= 0.6 is 0 Å². The summed E-state index contributed by atoms with van der Waals surface area (Å²) in [6.45, 7) is 7.29. The Balaban J connectivity index is 2.07. The number of nitrogens with two attached hydrogens (primary N) is 1. The standard InChI is InChI=1S/C16H22N2O/c1-11(2)10-16-7-4-8-18(16)14-6-5-12(19-3)9-13(14)15(16)17/h5-6,9,15H,1,4,7-8,10,17H2,2-3H3/t15-,16-/m1/s1. The molecule has 0 amide bonds. The quantitative estimate of drug-likeness (QED) is 0.847. The van der Waals surface area contributed by atoms with Crippen LogP contribution in [0, 0.1) is 0 Å². The normalized spacial score (nSPS) is 28.2. The Morgan fingerprint density at radius 3 is 3.05 bits per heavy atom. The first kappa shape index (κ1) is 12.5. The molecule has 2 N–H and O–H groups in total. The molecular formula is C16H22N2O. The minimum Gasteiger partial charge on any atom is -0.497 e. The second-order valence-electron chi connectivity index (χ2n) is 5.90.